The highest BCUT2D eigenvalue weighted by Gasteiger charge is 2.17. The van der Waals surface area contributed by atoms with Crippen molar-refractivity contribution in [1.82, 2.24) is 10.3 Å². The monoisotopic (exact) mass is 679 g/mol. The molecule has 3 aromatic carbocycles. The zero-order valence-corrected chi connectivity index (χ0v) is 28.7. The molecule has 1 aromatic heterocycles. The first kappa shape index (κ1) is 34.3. The number of nitrogens with one attached hydrogen (secondary N) is 2. The second kappa shape index (κ2) is 17.2. The fraction of sp³-hybridized carbons (Fsp3) is 0.359. The maximum Gasteiger partial charge on any atom is 0.304 e. The van der Waals surface area contributed by atoms with Crippen molar-refractivity contribution in [3.8, 4) is 11.3 Å². The number of carbonyl (C=O) groups excluding carboxylic acids is 1. The van der Waals surface area contributed by atoms with Crippen LogP contribution in [-0.4, -0.2) is 67.1 Å². The van der Waals surface area contributed by atoms with Crippen LogP contribution in [0, 0.1) is 0 Å². The largest absolute Gasteiger partial charge is 0.481 e. The maximum absolute atomic E-state index is 13.4. The van der Waals surface area contributed by atoms with Gasteiger partial charge in [0.2, 0.25) is 0 Å². The third-order valence-corrected chi connectivity index (χ3v) is 10.0. The summed E-state index contributed by atoms with van der Waals surface area (Å²) < 4.78 is 5.47. The van der Waals surface area contributed by atoms with E-state index in [1.807, 2.05) is 12.1 Å². The zero-order valence-electron chi connectivity index (χ0n) is 27.9. The van der Waals surface area contributed by atoms with Gasteiger partial charge in [0.25, 0.3) is 5.91 Å². The molecular weight excluding hydrogens is 635 g/mol. The van der Waals surface area contributed by atoms with Crippen molar-refractivity contribution in [2.24, 2.45) is 0 Å². The van der Waals surface area contributed by atoms with Gasteiger partial charge < -0.3 is 30.3 Å². The van der Waals surface area contributed by atoms with E-state index in [-0.39, 0.29) is 12.3 Å². The summed E-state index contributed by atoms with van der Waals surface area (Å²) in [4.78, 5) is 33.7. The van der Waals surface area contributed by atoms with E-state index in [1.54, 1.807) is 24.0 Å². The van der Waals surface area contributed by atoms with Crippen molar-refractivity contribution in [2.75, 3.05) is 60.3 Å². The average molecular weight is 680 g/mol. The number of rotatable bonds is 14. The molecule has 3 heterocycles. The number of amides is 1. The first-order chi connectivity index (χ1) is 24.0. The Bertz CT molecular complexity index is 1700. The molecule has 0 radical (unpaired) electrons. The van der Waals surface area contributed by atoms with Crippen LogP contribution in [0.4, 0.5) is 17.1 Å². The minimum atomic E-state index is -0.765. The van der Waals surface area contributed by atoms with E-state index in [4.69, 9.17) is 14.8 Å². The predicted octanol–water partition coefficient (Wildman–Crippen LogP) is 6.83. The van der Waals surface area contributed by atoms with Gasteiger partial charge in [-0.1, -0.05) is 36.4 Å². The van der Waals surface area contributed by atoms with Gasteiger partial charge in [-0.05, 0) is 78.4 Å². The van der Waals surface area contributed by atoms with Gasteiger partial charge in [0.15, 0.2) is 0 Å². The van der Waals surface area contributed by atoms with Gasteiger partial charge in [-0.15, -0.1) is 0 Å². The number of piperidine rings is 1. The fourth-order valence-electron chi connectivity index (χ4n) is 6.27. The van der Waals surface area contributed by atoms with E-state index in [2.05, 4.69) is 81.1 Å². The second-order valence-corrected chi connectivity index (χ2v) is 13.6. The number of ether oxygens (including phenoxy) is 1. The van der Waals surface area contributed by atoms with E-state index in [0.29, 0.717) is 24.4 Å². The first-order valence-electron chi connectivity index (χ1n) is 17.2. The molecule has 2 aliphatic rings. The minimum absolute atomic E-state index is 0.138. The molecule has 0 unspecified atom stereocenters. The average Bonchev–Trinajstić information content (AvgIpc) is 3.16. The third kappa shape index (κ3) is 9.77. The summed E-state index contributed by atoms with van der Waals surface area (Å²) >= 11 is 1.63. The Morgan fingerprint density at radius 2 is 1.55 bits per heavy atom. The van der Waals surface area contributed by atoms with Gasteiger partial charge in [-0.3, -0.25) is 14.6 Å². The molecule has 49 heavy (non-hydrogen) atoms. The van der Waals surface area contributed by atoms with Crippen molar-refractivity contribution >= 4 is 40.7 Å². The summed E-state index contributed by atoms with van der Waals surface area (Å²) in [6.45, 7) is 6.41. The number of thioether (sulfide) groups is 1. The number of carbonyl (C=O) groups is 2. The van der Waals surface area contributed by atoms with Crippen molar-refractivity contribution in [2.45, 2.75) is 44.5 Å². The highest BCUT2D eigenvalue weighted by atomic mass is 32.2. The van der Waals surface area contributed by atoms with E-state index in [9.17, 15) is 9.59 Å². The minimum Gasteiger partial charge on any atom is -0.481 e. The maximum atomic E-state index is 13.4. The summed E-state index contributed by atoms with van der Waals surface area (Å²) in [5.41, 5.74) is 8.91. The molecule has 0 saturated carbocycles. The summed E-state index contributed by atoms with van der Waals surface area (Å²) in [5, 5.41) is 15.7. The number of morpholine rings is 1. The highest BCUT2D eigenvalue weighted by Crippen LogP contribution is 2.33. The number of nitrogens with zero attached hydrogens (tertiary/aromatic N) is 3. The van der Waals surface area contributed by atoms with Crippen LogP contribution in [0.2, 0.25) is 0 Å². The molecule has 2 fully saturated rings. The molecule has 256 valence electrons. The van der Waals surface area contributed by atoms with Crippen LogP contribution in [-0.2, 0) is 28.4 Å². The lowest BCUT2D eigenvalue weighted by Crippen LogP contribution is -2.36. The molecule has 0 spiro atoms. The van der Waals surface area contributed by atoms with Crippen LogP contribution in [0.25, 0.3) is 11.3 Å². The third-order valence-electron chi connectivity index (χ3n) is 8.99. The van der Waals surface area contributed by atoms with Gasteiger partial charge >= 0.3 is 5.97 Å². The topological polar surface area (TPSA) is 107 Å². The van der Waals surface area contributed by atoms with Crippen LogP contribution < -0.4 is 20.4 Å². The standard InChI is InChI=1S/C39H45N5O4S/c45-38(46)14-22-49-28-31-6-4-5-30(23-31)27-41-36-12-11-34(43-16-2-1-3-17-43)25-35(36)37-24-32(13-15-40-37)39(47)42-26-29-7-9-33(10-8-29)44-18-20-48-21-19-44/h4-13,15,23-25,41H,1-3,14,16-22,26-28H2,(H,42,47)(H,45,46). The Balaban J connectivity index is 1.15. The Hall–Kier alpha value is -4.54. The number of hydrogen-bond acceptors (Lipinski definition) is 8. The number of hydrogen-bond donors (Lipinski definition) is 3. The molecule has 6 rings (SSSR count). The summed E-state index contributed by atoms with van der Waals surface area (Å²) in [7, 11) is 0. The van der Waals surface area contributed by atoms with Gasteiger partial charge in [0.1, 0.15) is 0 Å². The molecule has 2 saturated heterocycles. The molecule has 4 aromatic rings. The smallest absolute Gasteiger partial charge is 0.304 e. The molecule has 1 amide bonds. The number of carboxylic acids is 1. The number of benzene rings is 3. The molecule has 0 atom stereocenters. The van der Waals surface area contributed by atoms with Crippen molar-refractivity contribution in [3.05, 3.63) is 107 Å². The van der Waals surface area contributed by atoms with Crippen LogP contribution in [0.3, 0.4) is 0 Å². The first-order valence-corrected chi connectivity index (χ1v) is 18.3. The Labute approximate surface area is 293 Å². The Morgan fingerprint density at radius 1 is 0.796 bits per heavy atom. The highest BCUT2D eigenvalue weighted by molar-refractivity contribution is 7.98. The predicted molar refractivity (Wildman–Crippen MR) is 199 cm³/mol. The number of anilines is 3. The number of pyridine rings is 1. The van der Waals surface area contributed by atoms with Gasteiger partial charge in [0.05, 0.1) is 25.3 Å². The number of aromatic nitrogens is 1. The molecule has 2 aliphatic heterocycles. The summed E-state index contributed by atoms with van der Waals surface area (Å²) in [6.07, 6.45) is 5.51. The molecule has 10 heteroatoms. The normalized spacial score (nSPS) is 14.8. The zero-order chi connectivity index (χ0) is 33.8. The molecule has 0 bridgehead atoms. The Kier molecular flexibility index (Phi) is 12.1. The van der Waals surface area contributed by atoms with Crippen molar-refractivity contribution < 1.29 is 19.4 Å². The molecule has 3 N–H and O–H groups in total. The van der Waals surface area contributed by atoms with Gasteiger partial charge in [-0.2, -0.15) is 11.8 Å². The van der Waals surface area contributed by atoms with Crippen LogP contribution in [0.15, 0.2) is 85.1 Å². The van der Waals surface area contributed by atoms with E-state index < -0.39 is 5.97 Å². The molecule has 9 nitrogen and oxygen atoms in total. The number of aliphatic carboxylic acids is 1. The fourth-order valence-corrected chi connectivity index (χ4v) is 7.15. The summed E-state index contributed by atoms with van der Waals surface area (Å²) in [6, 6.07) is 26.9. The Morgan fingerprint density at radius 3 is 2.35 bits per heavy atom. The molecule has 0 aliphatic carbocycles. The van der Waals surface area contributed by atoms with Crippen LogP contribution in [0.5, 0.6) is 0 Å². The van der Waals surface area contributed by atoms with Crippen LogP contribution >= 0.6 is 11.8 Å². The van der Waals surface area contributed by atoms with Crippen LogP contribution in [0.1, 0.15) is 52.7 Å². The lowest BCUT2D eigenvalue weighted by atomic mass is 10.0. The van der Waals surface area contributed by atoms with Gasteiger partial charge in [-0.25, -0.2) is 0 Å². The quantitative estimate of drug-likeness (QED) is 0.124. The summed E-state index contributed by atoms with van der Waals surface area (Å²) in [5.74, 6) is 0.464. The van der Waals surface area contributed by atoms with E-state index in [0.717, 1.165) is 78.9 Å². The molecular formula is C39H45N5O4S. The van der Waals surface area contributed by atoms with Crippen molar-refractivity contribution in [3.63, 3.8) is 0 Å². The second-order valence-electron chi connectivity index (χ2n) is 12.5. The van der Waals surface area contributed by atoms with Gasteiger partial charge in [0, 0.05) is 85.2 Å². The van der Waals surface area contributed by atoms with E-state index >= 15 is 0 Å². The van der Waals surface area contributed by atoms with E-state index in [1.165, 1.54) is 30.5 Å². The number of carboxylic acid groups (broad SMARTS) is 1. The van der Waals surface area contributed by atoms with Crippen molar-refractivity contribution in [1.29, 1.82) is 0 Å². The SMILES string of the molecule is O=C(O)CCSCc1cccc(CNc2ccc(N3CCCCC3)cc2-c2cc(C(=O)NCc3ccc(N4CCOCC4)cc3)ccn2)c1. The lowest BCUT2D eigenvalue weighted by Gasteiger charge is -2.29. The lowest BCUT2D eigenvalue weighted by molar-refractivity contribution is -0.136.